The van der Waals surface area contributed by atoms with Gasteiger partial charge in [-0.15, -0.1) is 0 Å². The van der Waals surface area contributed by atoms with Gasteiger partial charge < -0.3 is 9.47 Å². The number of aromatic nitrogens is 2. The molecule has 24 heavy (non-hydrogen) atoms. The second-order valence-electron chi connectivity index (χ2n) is 6.12. The summed E-state index contributed by atoms with van der Waals surface area (Å²) in [6.45, 7) is 8.07. The van der Waals surface area contributed by atoms with Crippen molar-refractivity contribution in [3.05, 3.63) is 36.7 Å². The van der Waals surface area contributed by atoms with Crippen LogP contribution < -0.4 is 9.47 Å². The number of hydrogen-bond acceptors (Lipinski definition) is 4. The molecule has 0 fully saturated rings. The summed E-state index contributed by atoms with van der Waals surface area (Å²) < 4.78 is 11.4. The minimum absolute atomic E-state index is 0.698. The van der Waals surface area contributed by atoms with Crippen LogP contribution in [0, 0.1) is 5.92 Å². The van der Waals surface area contributed by atoms with E-state index in [2.05, 4.69) is 30.7 Å². The molecule has 0 aliphatic rings. The lowest BCUT2D eigenvalue weighted by Gasteiger charge is -2.10. The van der Waals surface area contributed by atoms with E-state index in [0.29, 0.717) is 18.3 Å². The Morgan fingerprint density at radius 2 is 1.58 bits per heavy atom. The van der Waals surface area contributed by atoms with E-state index in [9.17, 15) is 0 Å². The van der Waals surface area contributed by atoms with Crippen LogP contribution in [0.3, 0.4) is 0 Å². The molecule has 1 heterocycles. The molecule has 4 nitrogen and oxygen atoms in total. The van der Waals surface area contributed by atoms with Gasteiger partial charge >= 0.3 is 0 Å². The van der Waals surface area contributed by atoms with Crippen molar-refractivity contribution in [2.75, 3.05) is 13.2 Å². The molecule has 1 atom stereocenters. The zero-order valence-corrected chi connectivity index (χ0v) is 15.0. The van der Waals surface area contributed by atoms with Crippen LogP contribution in [-0.2, 0) is 0 Å². The van der Waals surface area contributed by atoms with Gasteiger partial charge in [0.1, 0.15) is 5.75 Å². The van der Waals surface area contributed by atoms with Gasteiger partial charge in [-0.1, -0.05) is 33.6 Å². The highest BCUT2D eigenvalue weighted by Gasteiger charge is 2.04. The summed E-state index contributed by atoms with van der Waals surface area (Å²) in [4.78, 5) is 8.75. The molecule has 0 aliphatic heterocycles. The Morgan fingerprint density at radius 3 is 2.21 bits per heavy atom. The molecule has 0 aliphatic carbocycles. The van der Waals surface area contributed by atoms with Crippen molar-refractivity contribution in [1.29, 1.82) is 0 Å². The highest BCUT2D eigenvalue weighted by Crippen LogP contribution is 2.21. The first kappa shape index (κ1) is 18.2. The molecule has 1 aromatic carbocycles. The maximum Gasteiger partial charge on any atom is 0.159 e. The maximum atomic E-state index is 5.78. The number of ether oxygens (including phenoxy) is 2. The van der Waals surface area contributed by atoms with Gasteiger partial charge in [0, 0.05) is 5.56 Å². The van der Waals surface area contributed by atoms with E-state index in [-0.39, 0.29) is 0 Å². The topological polar surface area (TPSA) is 44.2 Å². The second kappa shape index (κ2) is 9.91. The quantitative estimate of drug-likeness (QED) is 0.567. The minimum atomic E-state index is 0.698. The van der Waals surface area contributed by atoms with E-state index in [1.165, 1.54) is 6.42 Å². The molecule has 1 unspecified atom stereocenters. The molecule has 0 saturated carbocycles. The smallest absolute Gasteiger partial charge is 0.159 e. The number of rotatable bonds is 10. The molecule has 4 heteroatoms. The van der Waals surface area contributed by atoms with Gasteiger partial charge in [0.2, 0.25) is 0 Å². The Hall–Kier alpha value is -2.10. The third-order valence-corrected chi connectivity index (χ3v) is 4.08. The molecule has 0 N–H and O–H groups in total. The lowest BCUT2D eigenvalue weighted by molar-refractivity contribution is 0.282. The van der Waals surface area contributed by atoms with Crippen LogP contribution in [0.2, 0.25) is 0 Å². The van der Waals surface area contributed by atoms with E-state index in [4.69, 9.17) is 9.47 Å². The highest BCUT2D eigenvalue weighted by atomic mass is 16.5. The van der Waals surface area contributed by atoms with Crippen LogP contribution in [-0.4, -0.2) is 23.2 Å². The third kappa shape index (κ3) is 5.84. The van der Waals surface area contributed by atoms with Gasteiger partial charge in [-0.3, -0.25) is 0 Å². The van der Waals surface area contributed by atoms with Crippen LogP contribution in [0.5, 0.6) is 11.5 Å². The van der Waals surface area contributed by atoms with E-state index in [1.807, 2.05) is 24.3 Å². The molecule has 0 spiro atoms. The number of benzene rings is 1. The predicted octanol–water partition coefficient (Wildman–Crippen LogP) is 5.14. The van der Waals surface area contributed by atoms with Crippen molar-refractivity contribution >= 4 is 0 Å². The first-order valence-corrected chi connectivity index (χ1v) is 8.91. The van der Waals surface area contributed by atoms with Crippen LogP contribution in [0.1, 0.15) is 46.5 Å². The molecular formula is C20H28N2O2. The standard InChI is InChI=1S/C20H28N2O2/c1-4-6-12-23-19-14-21-20(22-15-19)17-7-9-18(10-8-17)24-13-11-16(3)5-2/h7-10,14-16H,4-6,11-13H2,1-3H3. The number of unbranched alkanes of at least 4 members (excludes halogenated alkanes) is 1. The van der Waals surface area contributed by atoms with E-state index in [0.717, 1.165) is 42.9 Å². The van der Waals surface area contributed by atoms with Gasteiger partial charge in [-0.25, -0.2) is 9.97 Å². The zero-order chi connectivity index (χ0) is 17.2. The minimum Gasteiger partial charge on any atom is -0.494 e. The second-order valence-corrected chi connectivity index (χ2v) is 6.12. The van der Waals surface area contributed by atoms with Gasteiger partial charge in [0.25, 0.3) is 0 Å². The van der Waals surface area contributed by atoms with E-state index in [1.54, 1.807) is 12.4 Å². The van der Waals surface area contributed by atoms with Crippen LogP contribution >= 0.6 is 0 Å². The molecule has 2 aromatic rings. The summed E-state index contributed by atoms with van der Waals surface area (Å²) in [5.74, 6) is 3.01. The lowest BCUT2D eigenvalue weighted by atomic mass is 10.1. The monoisotopic (exact) mass is 328 g/mol. The Kier molecular flexibility index (Phi) is 7.53. The first-order valence-electron chi connectivity index (χ1n) is 8.91. The first-order chi connectivity index (χ1) is 11.7. The summed E-state index contributed by atoms with van der Waals surface area (Å²) >= 11 is 0. The van der Waals surface area contributed by atoms with Gasteiger partial charge in [0.05, 0.1) is 25.6 Å². The summed E-state index contributed by atoms with van der Waals surface area (Å²) in [6, 6.07) is 7.93. The Bertz CT molecular complexity index is 582. The maximum absolute atomic E-state index is 5.78. The van der Waals surface area contributed by atoms with Gasteiger partial charge in [-0.2, -0.15) is 0 Å². The van der Waals surface area contributed by atoms with E-state index >= 15 is 0 Å². The van der Waals surface area contributed by atoms with Crippen molar-refractivity contribution < 1.29 is 9.47 Å². The van der Waals surface area contributed by atoms with E-state index < -0.39 is 0 Å². The largest absolute Gasteiger partial charge is 0.494 e. The molecule has 0 bridgehead atoms. The molecule has 0 amide bonds. The van der Waals surface area contributed by atoms with Gasteiger partial charge in [0.15, 0.2) is 11.6 Å². The average molecular weight is 328 g/mol. The fourth-order valence-electron chi connectivity index (χ4n) is 2.16. The average Bonchev–Trinajstić information content (AvgIpc) is 2.63. The normalized spacial score (nSPS) is 12.0. The molecule has 2 rings (SSSR count). The van der Waals surface area contributed by atoms with Crippen molar-refractivity contribution in [1.82, 2.24) is 9.97 Å². The molecule has 0 radical (unpaired) electrons. The molecule has 1 aromatic heterocycles. The van der Waals surface area contributed by atoms with Crippen molar-refractivity contribution in [2.45, 2.75) is 46.5 Å². The Labute approximate surface area is 145 Å². The van der Waals surface area contributed by atoms with Gasteiger partial charge in [-0.05, 0) is 43.0 Å². The summed E-state index contributed by atoms with van der Waals surface area (Å²) in [5, 5.41) is 0. The fraction of sp³-hybridized carbons (Fsp3) is 0.500. The Morgan fingerprint density at radius 1 is 0.917 bits per heavy atom. The van der Waals surface area contributed by atoms with Crippen molar-refractivity contribution in [2.24, 2.45) is 5.92 Å². The van der Waals surface area contributed by atoms with Crippen LogP contribution in [0.25, 0.3) is 11.4 Å². The van der Waals surface area contributed by atoms with Crippen LogP contribution in [0.15, 0.2) is 36.7 Å². The lowest BCUT2D eigenvalue weighted by Crippen LogP contribution is -2.03. The summed E-state index contributed by atoms with van der Waals surface area (Å²) in [5.41, 5.74) is 0.976. The zero-order valence-electron chi connectivity index (χ0n) is 15.0. The summed E-state index contributed by atoms with van der Waals surface area (Å²) in [6.07, 6.45) is 7.90. The number of hydrogen-bond donors (Lipinski definition) is 0. The summed E-state index contributed by atoms with van der Waals surface area (Å²) in [7, 11) is 0. The fourth-order valence-corrected chi connectivity index (χ4v) is 2.16. The van der Waals surface area contributed by atoms with Crippen LogP contribution in [0.4, 0.5) is 0 Å². The third-order valence-electron chi connectivity index (χ3n) is 4.08. The van der Waals surface area contributed by atoms with Crippen molar-refractivity contribution in [3.8, 4) is 22.9 Å². The highest BCUT2D eigenvalue weighted by molar-refractivity contribution is 5.56. The molecule has 130 valence electrons. The molecule has 0 saturated heterocycles. The molecular weight excluding hydrogens is 300 g/mol. The SMILES string of the molecule is CCCCOc1cnc(-c2ccc(OCCC(C)CC)cc2)nc1. The Balaban J connectivity index is 1.88. The van der Waals surface area contributed by atoms with Crippen molar-refractivity contribution in [3.63, 3.8) is 0 Å². The predicted molar refractivity (Wildman–Crippen MR) is 97.4 cm³/mol. The number of nitrogens with zero attached hydrogens (tertiary/aromatic N) is 2.